The van der Waals surface area contributed by atoms with E-state index in [0.717, 1.165) is 32.2 Å². The van der Waals surface area contributed by atoms with Crippen molar-refractivity contribution in [1.29, 1.82) is 0 Å². The molecular weight excluding hydrogens is 352 g/mol. The summed E-state index contributed by atoms with van der Waals surface area (Å²) in [7, 11) is 0. The number of carbonyl (C=O) groups is 2. The van der Waals surface area contributed by atoms with Crippen molar-refractivity contribution < 1.29 is 9.59 Å². The van der Waals surface area contributed by atoms with Gasteiger partial charge in [-0.15, -0.1) is 12.4 Å². The minimum atomic E-state index is 0. The molecule has 1 aliphatic carbocycles. The number of hydrogen-bond donors (Lipinski definition) is 3. The van der Waals surface area contributed by atoms with Crippen LogP contribution in [-0.2, 0) is 4.79 Å². The van der Waals surface area contributed by atoms with E-state index in [-0.39, 0.29) is 36.3 Å². The molecule has 1 saturated carbocycles. The lowest BCUT2D eigenvalue weighted by atomic mass is 9.84. The highest BCUT2D eigenvalue weighted by Gasteiger charge is 2.28. The summed E-state index contributed by atoms with van der Waals surface area (Å²) in [4.78, 5) is 26.6. The SMILES string of the molecule is CC(C)CNC(=O)N1CCCC(CC(=O)NC2CCCCC2CN)C1.Cl. The van der Waals surface area contributed by atoms with Crippen LogP contribution in [0, 0.1) is 17.8 Å². The van der Waals surface area contributed by atoms with Gasteiger partial charge < -0.3 is 21.3 Å². The van der Waals surface area contributed by atoms with Gasteiger partial charge in [0.2, 0.25) is 5.91 Å². The summed E-state index contributed by atoms with van der Waals surface area (Å²) in [5, 5.41) is 6.19. The molecule has 26 heavy (non-hydrogen) atoms. The van der Waals surface area contributed by atoms with Crippen LogP contribution < -0.4 is 16.4 Å². The fourth-order valence-electron chi connectivity index (χ4n) is 4.03. The van der Waals surface area contributed by atoms with E-state index in [0.29, 0.717) is 37.9 Å². The first-order valence-electron chi connectivity index (χ1n) is 10.0. The van der Waals surface area contributed by atoms with Gasteiger partial charge >= 0.3 is 6.03 Å². The Bertz CT molecular complexity index is 447. The van der Waals surface area contributed by atoms with E-state index >= 15 is 0 Å². The molecule has 1 saturated heterocycles. The Hall–Kier alpha value is -1.01. The van der Waals surface area contributed by atoms with E-state index in [9.17, 15) is 9.59 Å². The van der Waals surface area contributed by atoms with E-state index in [1.807, 2.05) is 4.90 Å². The summed E-state index contributed by atoms with van der Waals surface area (Å²) >= 11 is 0. The molecule has 0 radical (unpaired) electrons. The number of nitrogens with two attached hydrogens (primary N) is 1. The molecule has 3 amide bonds. The van der Waals surface area contributed by atoms with Gasteiger partial charge in [0.05, 0.1) is 0 Å². The van der Waals surface area contributed by atoms with Gasteiger partial charge in [-0.05, 0) is 50.0 Å². The van der Waals surface area contributed by atoms with Crippen molar-refractivity contribution in [3.05, 3.63) is 0 Å². The molecule has 0 spiro atoms. The maximum atomic E-state index is 12.5. The number of carbonyl (C=O) groups excluding carboxylic acids is 2. The second-order valence-electron chi connectivity index (χ2n) is 8.19. The molecule has 2 fully saturated rings. The second kappa shape index (κ2) is 11.7. The Morgan fingerprint density at radius 3 is 2.58 bits per heavy atom. The number of halogens is 1. The zero-order chi connectivity index (χ0) is 18.2. The zero-order valence-corrected chi connectivity index (χ0v) is 17.2. The van der Waals surface area contributed by atoms with Crippen molar-refractivity contribution >= 4 is 24.3 Å². The summed E-state index contributed by atoms with van der Waals surface area (Å²) < 4.78 is 0. The van der Waals surface area contributed by atoms with Gasteiger partial charge in [0.25, 0.3) is 0 Å². The topological polar surface area (TPSA) is 87.5 Å². The van der Waals surface area contributed by atoms with E-state index in [1.165, 1.54) is 12.8 Å². The molecule has 0 aromatic carbocycles. The number of piperidine rings is 1. The number of rotatable bonds is 6. The van der Waals surface area contributed by atoms with Crippen LogP contribution in [0.4, 0.5) is 4.79 Å². The number of likely N-dealkylation sites (tertiary alicyclic amines) is 1. The van der Waals surface area contributed by atoms with Crippen molar-refractivity contribution in [3.8, 4) is 0 Å². The maximum Gasteiger partial charge on any atom is 0.317 e. The standard InChI is InChI=1S/C19H36N4O2.ClH/c1-14(2)12-21-19(25)23-9-5-6-15(13-23)10-18(24)22-17-8-4-3-7-16(17)11-20;/h14-17H,3-13,20H2,1-2H3,(H,21,25)(H,22,24);1H. The van der Waals surface area contributed by atoms with Gasteiger partial charge in [0, 0.05) is 32.1 Å². The highest BCUT2D eigenvalue weighted by molar-refractivity contribution is 5.85. The van der Waals surface area contributed by atoms with Crippen molar-refractivity contribution in [3.63, 3.8) is 0 Å². The van der Waals surface area contributed by atoms with Crippen molar-refractivity contribution in [2.75, 3.05) is 26.2 Å². The predicted octanol–water partition coefficient (Wildman–Crippen LogP) is 2.51. The largest absolute Gasteiger partial charge is 0.353 e. The molecule has 4 N–H and O–H groups in total. The van der Waals surface area contributed by atoms with Gasteiger partial charge in [-0.25, -0.2) is 4.79 Å². The highest BCUT2D eigenvalue weighted by atomic mass is 35.5. The van der Waals surface area contributed by atoms with Crippen LogP contribution in [0.1, 0.15) is 58.8 Å². The lowest BCUT2D eigenvalue weighted by Gasteiger charge is -2.34. The van der Waals surface area contributed by atoms with Crippen LogP contribution in [0.5, 0.6) is 0 Å². The van der Waals surface area contributed by atoms with Crippen LogP contribution in [0.15, 0.2) is 0 Å². The number of amides is 3. The molecule has 3 atom stereocenters. The summed E-state index contributed by atoms with van der Waals surface area (Å²) in [5.74, 6) is 1.25. The van der Waals surface area contributed by atoms with Crippen LogP contribution in [0.3, 0.4) is 0 Å². The lowest BCUT2D eigenvalue weighted by molar-refractivity contribution is -0.123. The molecule has 7 heteroatoms. The van der Waals surface area contributed by atoms with Gasteiger partial charge in [-0.2, -0.15) is 0 Å². The summed E-state index contributed by atoms with van der Waals surface area (Å²) in [6, 6.07) is 0.245. The number of urea groups is 1. The first-order chi connectivity index (χ1) is 12.0. The van der Waals surface area contributed by atoms with Crippen molar-refractivity contribution in [1.82, 2.24) is 15.5 Å². The van der Waals surface area contributed by atoms with Gasteiger partial charge in [0.15, 0.2) is 0 Å². The fraction of sp³-hybridized carbons (Fsp3) is 0.895. The minimum Gasteiger partial charge on any atom is -0.353 e. The van der Waals surface area contributed by atoms with Crippen molar-refractivity contribution in [2.45, 2.75) is 64.8 Å². The molecule has 6 nitrogen and oxygen atoms in total. The minimum absolute atomic E-state index is 0. The first-order valence-corrected chi connectivity index (χ1v) is 10.0. The van der Waals surface area contributed by atoms with Crippen LogP contribution in [0.25, 0.3) is 0 Å². The quantitative estimate of drug-likeness (QED) is 0.653. The second-order valence-corrected chi connectivity index (χ2v) is 8.19. The van der Waals surface area contributed by atoms with E-state index in [2.05, 4.69) is 24.5 Å². The van der Waals surface area contributed by atoms with E-state index in [1.54, 1.807) is 0 Å². The van der Waals surface area contributed by atoms with Gasteiger partial charge in [-0.3, -0.25) is 4.79 Å². The summed E-state index contributed by atoms with van der Waals surface area (Å²) in [6.07, 6.45) is 7.07. The number of nitrogens with one attached hydrogen (secondary N) is 2. The zero-order valence-electron chi connectivity index (χ0n) is 16.3. The highest BCUT2D eigenvalue weighted by Crippen LogP contribution is 2.24. The third kappa shape index (κ3) is 7.31. The third-order valence-electron chi connectivity index (χ3n) is 5.50. The molecule has 2 rings (SSSR count). The average molecular weight is 389 g/mol. The monoisotopic (exact) mass is 388 g/mol. The smallest absolute Gasteiger partial charge is 0.317 e. The number of hydrogen-bond acceptors (Lipinski definition) is 3. The molecule has 152 valence electrons. The molecule has 0 aromatic rings. The number of nitrogens with zero attached hydrogens (tertiary/aromatic N) is 1. The molecule has 0 aromatic heterocycles. The normalized spacial score (nSPS) is 26.2. The van der Waals surface area contributed by atoms with E-state index in [4.69, 9.17) is 5.73 Å². The summed E-state index contributed by atoms with van der Waals surface area (Å²) in [5.41, 5.74) is 5.85. The average Bonchev–Trinajstić information content (AvgIpc) is 2.60. The molecule has 0 bridgehead atoms. The molecular formula is C19H37ClN4O2. The molecule has 1 heterocycles. The Labute approximate surface area is 164 Å². The van der Waals surface area contributed by atoms with Gasteiger partial charge in [-0.1, -0.05) is 26.7 Å². The lowest BCUT2D eigenvalue weighted by Crippen LogP contribution is -2.48. The van der Waals surface area contributed by atoms with Gasteiger partial charge in [0.1, 0.15) is 0 Å². The predicted molar refractivity (Wildman–Crippen MR) is 107 cm³/mol. The Morgan fingerprint density at radius 2 is 1.88 bits per heavy atom. The first kappa shape index (κ1) is 23.0. The Kier molecular flexibility index (Phi) is 10.3. The Balaban J connectivity index is 0.00000338. The fourth-order valence-corrected chi connectivity index (χ4v) is 4.03. The van der Waals surface area contributed by atoms with Crippen molar-refractivity contribution in [2.24, 2.45) is 23.5 Å². The molecule has 1 aliphatic heterocycles. The maximum absolute atomic E-state index is 12.5. The van der Waals surface area contributed by atoms with Crippen LogP contribution >= 0.6 is 12.4 Å². The third-order valence-corrected chi connectivity index (χ3v) is 5.50. The Morgan fingerprint density at radius 1 is 1.15 bits per heavy atom. The molecule has 3 unspecified atom stereocenters. The van der Waals surface area contributed by atoms with E-state index < -0.39 is 0 Å². The van der Waals surface area contributed by atoms with Crippen LogP contribution in [-0.4, -0.2) is 49.1 Å². The van der Waals surface area contributed by atoms with Crippen LogP contribution in [0.2, 0.25) is 0 Å². The molecule has 2 aliphatic rings. The summed E-state index contributed by atoms with van der Waals surface area (Å²) in [6.45, 7) is 7.00.